The van der Waals surface area contributed by atoms with E-state index in [9.17, 15) is 4.79 Å². The molecular weight excluding hydrogens is 342 g/mol. The van der Waals surface area contributed by atoms with Crippen LogP contribution in [0.15, 0.2) is 47.2 Å². The van der Waals surface area contributed by atoms with Gasteiger partial charge in [0, 0.05) is 30.0 Å². The van der Waals surface area contributed by atoms with Crippen LogP contribution in [0.1, 0.15) is 21.7 Å². The first-order valence-corrected chi connectivity index (χ1v) is 8.03. The van der Waals surface area contributed by atoms with E-state index in [4.69, 9.17) is 16.1 Å². The van der Waals surface area contributed by atoms with Crippen LogP contribution in [0.2, 0.25) is 5.02 Å². The number of nitrogens with one attached hydrogen (secondary N) is 2. The Kier molecular flexibility index (Phi) is 5.25. The van der Waals surface area contributed by atoms with Crippen molar-refractivity contribution >= 4 is 29.3 Å². The highest BCUT2D eigenvalue weighted by Gasteiger charge is 2.08. The van der Waals surface area contributed by atoms with Crippen LogP contribution < -0.4 is 10.6 Å². The number of carbonyl (C=O) groups is 1. The summed E-state index contributed by atoms with van der Waals surface area (Å²) in [5, 5.41) is 10.2. The summed E-state index contributed by atoms with van der Waals surface area (Å²) in [5.41, 5.74) is 1.44. The molecule has 0 fully saturated rings. The zero-order chi connectivity index (χ0) is 17.6. The summed E-state index contributed by atoms with van der Waals surface area (Å²) in [5.74, 6) is 1.30. The number of hydrogen-bond acceptors (Lipinski definition) is 6. The van der Waals surface area contributed by atoms with Gasteiger partial charge in [0.25, 0.3) is 5.91 Å². The van der Waals surface area contributed by atoms with Gasteiger partial charge in [0.05, 0.1) is 5.56 Å². The number of rotatable bonds is 6. The lowest BCUT2D eigenvalue weighted by atomic mass is 10.1. The van der Waals surface area contributed by atoms with E-state index < -0.39 is 0 Å². The van der Waals surface area contributed by atoms with Gasteiger partial charge in [-0.15, -0.1) is 0 Å². The summed E-state index contributed by atoms with van der Waals surface area (Å²) < 4.78 is 4.95. The van der Waals surface area contributed by atoms with Crippen LogP contribution in [0.5, 0.6) is 0 Å². The molecule has 0 atom stereocenters. The molecule has 7 nitrogen and oxygen atoms in total. The van der Waals surface area contributed by atoms with E-state index in [0.717, 1.165) is 5.56 Å². The van der Waals surface area contributed by atoms with Crippen molar-refractivity contribution in [3.05, 3.63) is 64.6 Å². The molecule has 0 aliphatic rings. The highest BCUT2D eigenvalue weighted by molar-refractivity contribution is 6.30. The van der Waals surface area contributed by atoms with E-state index in [1.54, 1.807) is 13.0 Å². The van der Waals surface area contributed by atoms with Crippen molar-refractivity contribution in [2.24, 2.45) is 0 Å². The number of halogens is 1. The minimum Gasteiger partial charge on any atom is -0.360 e. The maximum atomic E-state index is 12.1. The van der Waals surface area contributed by atoms with Gasteiger partial charge in [0.1, 0.15) is 5.76 Å². The SMILES string of the molecule is Cc1cc(Nc2ncc(C(=O)NCCc3cccc(Cl)c3)cn2)no1. The lowest BCUT2D eigenvalue weighted by Crippen LogP contribution is -2.26. The van der Waals surface area contributed by atoms with Gasteiger partial charge in [-0.3, -0.25) is 4.79 Å². The molecule has 8 heteroatoms. The highest BCUT2D eigenvalue weighted by atomic mass is 35.5. The highest BCUT2D eigenvalue weighted by Crippen LogP contribution is 2.12. The second kappa shape index (κ2) is 7.76. The molecule has 0 saturated heterocycles. The van der Waals surface area contributed by atoms with E-state index in [1.807, 2.05) is 24.3 Å². The van der Waals surface area contributed by atoms with Gasteiger partial charge in [-0.25, -0.2) is 9.97 Å². The number of carbonyl (C=O) groups excluding carboxylic acids is 1. The fourth-order valence-corrected chi connectivity index (χ4v) is 2.38. The molecule has 0 aliphatic heterocycles. The molecule has 128 valence electrons. The molecule has 3 aromatic rings. The van der Waals surface area contributed by atoms with Crippen LogP contribution >= 0.6 is 11.6 Å². The van der Waals surface area contributed by atoms with Crippen LogP contribution in [-0.4, -0.2) is 27.6 Å². The van der Waals surface area contributed by atoms with Crippen molar-refractivity contribution in [2.75, 3.05) is 11.9 Å². The van der Waals surface area contributed by atoms with Gasteiger partial charge in [0.15, 0.2) is 5.82 Å². The van der Waals surface area contributed by atoms with Crippen molar-refractivity contribution in [2.45, 2.75) is 13.3 Å². The zero-order valence-corrected chi connectivity index (χ0v) is 14.2. The Labute approximate surface area is 149 Å². The number of nitrogens with zero attached hydrogens (tertiary/aromatic N) is 3. The maximum absolute atomic E-state index is 12.1. The van der Waals surface area contributed by atoms with Crippen LogP contribution in [0, 0.1) is 6.92 Å². The molecule has 0 saturated carbocycles. The quantitative estimate of drug-likeness (QED) is 0.704. The van der Waals surface area contributed by atoms with Gasteiger partial charge >= 0.3 is 0 Å². The third-order valence-corrected chi connectivity index (χ3v) is 3.61. The predicted molar refractivity (Wildman–Crippen MR) is 94.0 cm³/mol. The largest absolute Gasteiger partial charge is 0.360 e. The Morgan fingerprint density at radius 1 is 1.24 bits per heavy atom. The van der Waals surface area contributed by atoms with E-state index in [-0.39, 0.29) is 5.91 Å². The molecule has 0 bridgehead atoms. The van der Waals surface area contributed by atoms with Crippen molar-refractivity contribution in [3.8, 4) is 0 Å². The molecule has 0 aliphatic carbocycles. The van der Waals surface area contributed by atoms with Gasteiger partial charge in [-0.1, -0.05) is 28.9 Å². The molecule has 25 heavy (non-hydrogen) atoms. The summed E-state index contributed by atoms with van der Waals surface area (Å²) in [6.07, 6.45) is 3.60. The number of hydrogen-bond donors (Lipinski definition) is 2. The first-order chi connectivity index (χ1) is 12.1. The number of benzene rings is 1. The summed E-state index contributed by atoms with van der Waals surface area (Å²) in [4.78, 5) is 20.3. The lowest BCUT2D eigenvalue weighted by molar-refractivity contribution is 0.0953. The minimum atomic E-state index is -0.231. The molecule has 0 unspecified atom stereocenters. The minimum absolute atomic E-state index is 0.231. The van der Waals surface area contributed by atoms with E-state index >= 15 is 0 Å². The summed E-state index contributed by atoms with van der Waals surface area (Å²) in [6, 6.07) is 9.27. The molecule has 3 rings (SSSR count). The Morgan fingerprint density at radius 3 is 2.72 bits per heavy atom. The Morgan fingerprint density at radius 2 is 2.04 bits per heavy atom. The predicted octanol–water partition coefficient (Wildman–Crippen LogP) is 3.14. The van der Waals surface area contributed by atoms with Gasteiger partial charge < -0.3 is 15.2 Å². The Hall–Kier alpha value is -2.93. The van der Waals surface area contributed by atoms with Gasteiger partial charge in [0.2, 0.25) is 5.95 Å². The topological polar surface area (TPSA) is 92.9 Å². The molecule has 1 aromatic carbocycles. The van der Waals surface area contributed by atoms with Crippen molar-refractivity contribution in [1.29, 1.82) is 0 Å². The number of anilines is 2. The van der Waals surface area contributed by atoms with Crippen LogP contribution in [0.4, 0.5) is 11.8 Å². The monoisotopic (exact) mass is 357 g/mol. The average molecular weight is 358 g/mol. The fraction of sp³-hybridized carbons (Fsp3) is 0.176. The number of aromatic nitrogens is 3. The molecule has 0 spiro atoms. The molecule has 1 amide bonds. The molecule has 2 aromatic heterocycles. The van der Waals surface area contributed by atoms with Crippen LogP contribution in [-0.2, 0) is 6.42 Å². The van der Waals surface area contributed by atoms with E-state index in [0.29, 0.717) is 41.1 Å². The van der Waals surface area contributed by atoms with E-state index in [2.05, 4.69) is 25.8 Å². The number of amides is 1. The first-order valence-electron chi connectivity index (χ1n) is 7.65. The third-order valence-electron chi connectivity index (χ3n) is 3.37. The lowest BCUT2D eigenvalue weighted by Gasteiger charge is -2.06. The van der Waals surface area contributed by atoms with Crippen molar-refractivity contribution in [1.82, 2.24) is 20.4 Å². The van der Waals surface area contributed by atoms with E-state index in [1.165, 1.54) is 12.4 Å². The first kappa shape index (κ1) is 16.9. The Bertz CT molecular complexity index is 863. The van der Waals surface area contributed by atoms with Crippen LogP contribution in [0.25, 0.3) is 0 Å². The summed E-state index contributed by atoms with van der Waals surface area (Å²) >= 11 is 5.94. The molecule has 0 radical (unpaired) electrons. The van der Waals surface area contributed by atoms with Crippen molar-refractivity contribution in [3.63, 3.8) is 0 Å². The zero-order valence-electron chi connectivity index (χ0n) is 13.5. The average Bonchev–Trinajstić information content (AvgIpc) is 3.00. The van der Waals surface area contributed by atoms with Gasteiger partial charge in [-0.2, -0.15) is 0 Å². The number of aryl methyl sites for hydroxylation is 1. The maximum Gasteiger partial charge on any atom is 0.254 e. The van der Waals surface area contributed by atoms with Crippen molar-refractivity contribution < 1.29 is 9.32 Å². The smallest absolute Gasteiger partial charge is 0.254 e. The molecular formula is C17H16ClN5O2. The normalized spacial score (nSPS) is 10.5. The fourth-order valence-electron chi connectivity index (χ4n) is 2.16. The van der Waals surface area contributed by atoms with Gasteiger partial charge in [-0.05, 0) is 31.0 Å². The Balaban J connectivity index is 1.52. The second-order valence-electron chi connectivity index (χ2n) is 5.38. The second-order valence-corrected chi connectivity index (χ2v) is 5.82. The summed E-state index contributed by atoms with van der Waals surface area (Å²) in [7, 11) is 0. The molecule has 2 heterocycles. The summed E-state index contributed by atoms with van der Waals surface area (Å²) in [6.45, 7) is 2.28. The molecule has 2 N–H and O–H groups in total. The third kappa shape index (κ3) is 4.77. The van der Waals surface area contributed by atoms with Crippen LogP contribution in [0.3, 0.4) is 0 Å². The standard InChI is InChI=1S/C17H16ClN5O2/c1-11-7-15(23-25-11)22-17-20-9-13(10-21-17)16(24)19-6-5-12-3-2-4-14(18)8-12/h2-4,7-10H,5-6H2,1H3,(H,19,24)(H,20,21,22,23).